The summed E-state index contributed by atoms with van der Waals surface area (Å²) in [6, 6.07) is 8.08. The zero-order valence-corrected chi connectivity index (χ0v) is 18.7. The number of nitrogens with one attached hydrogen (secondary N) is 3. The molecule has 8 nitrogen and oxygen atoms in total. The maximum Gasteiger partial charge on any atom is 0.272 e. The van der Waals surface area contributed by atoms with Gasteiger partial charge in [-0.1, -0.05) is 6.58 Å². The van der Waals surface area contributed by atoms with Gasteiger partial charge in [0.1, 0.15) is 5.69 Å². The molecule has 0 radical (unpaired) electrons. The molecule has 0 bridgehead atoms. The molecule has 1 aliphatic heterocycles. The van der Waals surface area contributed by atoms with Gasteiger partial charge < -0.3 is 15.6 Å². The van der Waals surface area contributed by atoms with E-state index >= 15 is 0 Å². The molecule has 9 heteroatoms. The summed E-state index contributed by atoms with van der Waals surface area (Å²) in [6.07, 6.45) is 6.54. The van der Waals surface area contributed by atoms with Crippen LogP contribution >= 0.6 is 0 Å². The average molecular weight is 457 g/mol. The topological polar surface area (TPSA) is 111 Å². The van der Waals surface area contributed by atoms with Gasteiger partial charge in [-0.2, -0.15) is 4.31 Å². The summed E-state index contributed by atoms with van der Waals surface area (Å²) in [6.45, 7) is 4.10. The van der Waals surface area contributed by atoms with Crippen LogP contribution in [0, 0.1) is 0 Å². The summed E-state index contributed by atoms with van der Waals surface area (Å²) in [5.41, 5.74) is 3.40. The number of sulfonamides is 1. The maximum absolute atomic E-state index is 13.0. The number of rotatable bonds is 6. The molecule has 0 unspecified atom stereocenters. The van der Waals surface area contributed by atoms with E-state index in [1.165, 1.54) is 28.1 Å². The van der Waals surface area contributed by atoms with Crippen LogP contribution in [0.3, 0.4) is 0 Å². The first kappa shape index (κ1) is 22.3. The molecule has 170 valence electrons. The highest BCUT2D eigenvalue weighted by molar-refractivity contribution is 7.89. The lowest BCUT2D eigenvalue weighted by Crippen LogP contribution is -2.46. The summed E-state index contributed by atoms with van der Waals surface area (Å²) in [5.74, 6) is -0.484. The molecule has 2 heterocycles. The molecular formula is C23H28N4O4S. The minimum absolute atomic E-state index is 0.0526. The lowest BCUT2D eigenvalue weighted by Gasteiger charge is -2.31. The van der Waals surface area contributed by atoms with Crippen LogP contribution in [0.5, 0.6) is 0 Å². The van der Waals surface area contributed by atoms with Crippen LogP contribution in [-0.4, -0.2) is 48.7 Å². The quantitative estimate of drug-likeness (QED) is 0.580. The predicted molar refractivity (Wildman–Crippen MR) is 122 cm³/mol. The monoisotopic (exact) mass is 456 g/mol. The van der Waals surface area contributed by atoms with Crippen molar-refractivity contribution in [1.82, 2.24) is 14.6 Å². The van der Waals surface area contributed by atoms with E-state index < -0.39 is 10.0 Å². The van der Waals surface area contributed by atoms with Gasteiger partial charge in [-0.05, 0) is 80.5 Å². The van der Waals surface area contributed by atoms with E-state index in [0.29, 0.717) is 37.3 Å². The molecule has 2 aliphatic rings. The number of nitrogens with zero attached hydrogens (tertiary/aromatic N) is 1. The van der Waals surface area contributed by atoms with E-state index in [2.05, 4.69) is 22.2 Å². The summed E-state index contributed by atoms with van der Waals surface area (Å²) in [5, 5.41) is 5.64. The molecule has 1 aliphatic carbocycles. The minimum atomic E-state index is -3.64. The second-order valence-electron chi connectivity index (χ2n) is 8.26. The number of benzene rings is 1. The number of piperidine rings is 1. The van der Waals surface area contributed by atoms with Gasteiger partial charge in [0.05, 0.1) is 4.90 Å². The largest absolute Gasteiger partial charge is 0.354 e. The Labute approximate surface area is 188 Å². The van der Waals surface area contributed by atoms with Crippen LogP contribution < -0.4 is 10.6 Å². The second kappa shape index (κ2) is 9.30. The zero-order valence-electron chi connectivity index (χ0n) is 17.9. The number of amides is 2. The molecule has 0 atom stereocenters. The molecule has 1 fully saturated rings. The van der Waals surface area contributed by atoms with E-state index in [4.69, 9.17) is 0 Å². The first-order chi connectivity index (χ1) is 15.4. The number of fused-ring (bicyclic) bond motifs is 1. The SMILES string of the molecule is C=CC(=O)NC1CCN(S(=O)(=O)c2ccc(NC(=O)c3cc4c([nH]3)CCCC4)cc2)CC1. The van der Waals surface area contributed by atoms with Crippen molar-refractivity contribution in [3.63, 3.8) is 0 Å². The molecule has 4 rings (SSSR count). The molecule has 1 aromatic heterocycles. The average Bonchev–Trinajstić information content (AvgIpc) is 3.24. The summed E-state index contributed by atoms with van der Waals surface area (Å²) in [7, 11) is -3.64. The molecule has 32 heavy (non-hydrogen) atoms. The van der Waals surface area contributed by atoms with E-state index in [9.17, 15) is 18.0 Å². The van der Waals surface area contributed by atoms with E-state index in [0.717, 1.165) is 31.4 Å². The fourth-order valence-corrected chi connectivity index (χ4v) is 5.75. The zero-order chi connectivity index (χ0) is 22.7. The Morgan fingerprint density at radius 3 is 2.44 bits per heavy atom. The fourth-order valence-electron chi connectivity index (χ4n) is 4.28. The van der Waals surface area contributed by atoms with Crippen molar-refractivity contribution in [1.29, 1.82) is 0 Å². The normalized spacial score (nSPS) is 17.4. The number of hydrogen-bond donors (Lipinski definition) is 3. The van der Waals surface area contributed by atoms with E-state index in [1.54, 1.807) is 12.1 Å². The van der Waals surface area contributed by atoms with Crippen molar-refractivity contribution in [2.24, 2.45) is 0 Å². The summed E-state index contributed by atoms with van der Waals surface area (Å²) in [4.78, 5) is 27.4. The Hall–Kier alpha value is -2.91. The lowest BCUT2D eigenvalue weighted by atomic mass is 9.98. The smallest absolute Gasteiger partial charge is 0.272 e. The molecule has 2 amide bonds. The number of anilines is 1. The Morgan fingerprint density at radius 1 is 1.09 bits per heavy atom. The third-order valence-corrected chi connectivity index (χ3v) is 8.01. The maximum atomic E-state index is 13.0. The van der Waals surface area contributed by atoms with Crippen LogP contribution in [-0.2, 0) is 27.7 Å². The number of aryl methyl sites for hydroxylation is 2. The van der Waals surface area contributed by atoms with Crippen LogP contribution in [0.15, 0.2) is 47.9 Å². The standard InChI is InChI=1S/C23H28N4O4S/c1-2-22(28)24-18-11-13-27(14-12-18)32(30,31)19-9-7-17(8-10-19)25-23(29)21-15-16-5-3-4-6-20(16)26-21/h2,7-10,15,18,26H,1,3-6,11-14H2,(H,24,28)(H,25,29). The van der Waals surface area contributed by atoms with E-state index in [-0.39, 0.29) is 22.8 Å². The Kier molecular flexibility index (Phi) is 6.48. The molecular weight excluding hydrogens is 428 g/mol. The minimum Gasteiger partial charge on any atom is -0.354 e. The van der Waals surface area contributed by atoms with Crippen LogP contribution in [0.1, 0.15) is 47.4 Å². The van der Waals surface area contributed by atoms with Gasteiger partial charge in [0.2, 0.25) is 15.9 Å². The van der Waals surface area contributed by atoms with Crippen LogP contribution in [0.2, 0.25) is 0 Å². The first-order valence-electron chi connectivity index (χ1n) is 10.9. The van der Waals surface area contributed by atoms with Crippen LogP contribution in [0.25, 0.3) is 0 Å². The Bertz CT molecular complexity index is 1090. The van der Waals surface area contributed by atoms with Crippen molar-refractivity contribution >= 4 is 27.5 Å². The number of carbonyl (C=O) groups excluding carboxylic acids is 2. The highest BCUT2D eigenvalue weighted by Gasteiger charge is 2.29. The fraction of sp³-hybridized carbons (Fsp3) is 0.391. The highest BCUT2D eigenvalue weighted by Crippen LogP contribution is 2.24. The van der Waals surface area contributed by atoms with Gasteiger partial charge in [-0.25, -0.2) is 8.42 Å². The third kappa shape index (κ3) is 4.78. The number of aromatic amines is 1. The molecule has 1 saturated heterocycles. The van der Waals surface area contributed by atoms with Crippen molar-refractivity contribution in [3.05, 3.63) is 59.9 Å². The van der Waals surface area contributed by atoms with E-state index in [1.807, 2.05) is 6.07 Å². The van der Waals surface area contributed by atoms with Gasteiger partial charge >= 0.3 is 0 Å². The second-order valence-corrected chi connectivity index (χ2v) is 10.2. The van der Waals surface area contributed by atoms with Crippen LogP contribution in [0.4, 0.5) is 5.69 Å². The summed E-state index contributed by atoms with van der Waals surface area (Å²) < 4.78 is 27.4. The number of carbonyl (C=O) groups is 2. The summed E-state index contributed by atoms with van der Waals surface area (Å²) >= 11 is 0. The van der Waals surface area contributed by atoms with Gasteiger partial charge in [-0.15, -0.1) is 0 Å². The highest BCUT2D eigenvalue weighted by atomic mass is 32.2. The van der Waals surface area contributed by atoms with Crippen molar-refractivity contribution in [3.8, 4) is 0 Å². The van der Waals surface area contributed by atoms with Crippen molar-refractivity contribution in [2.45, 2.75) is 49.5 Å². The van der Waals surface area contributed by atoms with Gasteiger partial charge in [-0.3, -0.25) is 9.59 Å². The van der Waals surface area contributed by atoms with Gasteiger partial charge in [0.25, 0.3) is 5.91 Å². The lowest BCUT2D eigenvalue weighted by molar-refractivity contribution is -0.117. The number of aromatic nitrogens is 1. The first-order valence-corrected chi connectivity index (χ1v) is 12.4. The number of hydrogen-bond acceptors (Lipinski definition) is 4. The Balaban J connectivity index is 1.37. The van der Waals surface area contributed by atoms with Gasteiger partial charge in [0, 0.05) is 30.5 Å². The number of H-pyrrole nitrogens is 1. The molecule has 0 spiro atoms. The molecule has 3 N–H and O–H groups in total. The van der Waals surface area contributed by atoms with Crippen molar-refractivity contribution < 1.29 is 18.0 Å². The third-order valence-electron chi connectivity index (χ3n) is 6.09. The predicted octanol–water partition coefficient (Wildman–Crippen LogP) is 2.60. The Morgan fingerprint density at radius 2 is 1.78 bits per heavy atom. The van der Waals surface area contributed by atoms with Crippen molar-refractivity contribution in [2.75, 3.05) is 18.4 Å². The molecule has 0 saturated carbocycles. The van der Waals surface area contributed by atoms with Gasteiger partial charge in [0.15, 0.2) is 0 Å². The molecule has 2 aromatic rings. The molecule has 1 aromatic carbocycles.